The maximum absolute atomic E-state index is 13.8. The van der Waals surface area contributed by atoms with Crippen LogP contribution in [0.15, 0.2) is 35.2 Å². The van der Waals surface area contributed by atoms with E-state index in [4.69, 9.17) is 11.3 Å². The number of hydrogen-bond donors (Lipinski definition) is 0. The summed E-state index contributed by atoms with van der Waals surface area (Å²) in [7, 11) is -5.41. The lowest BCUT2D eigenvalue weighted by molar-refractivity contribution is 0.0541. The maximum atomic E-state index is 13.8. The highest BCUT2D eigenvalue weighted by molar-refractivity contribution is 7.94. The lowest BCUT2D eigenvalue weighted by Gasteiger charge is -2.14. The molecular formula is C17H9F4NO4S. The average molecular weight is 399 g/mol. The molecule has 0 fully saturated rings. The van der Waals surface area contributed by atoms with Gasteiger partial charge in [0.25, 0.3) is 16.3 Å². The van der Waals surface area contributed by atoms with E-state index in [0.29, 0.717) is 11.6 Å². The van der Waals surface area contributed by atoms with E-state index in [0.717, 1.165) is 6.07 Å². The third-order valence-electron chi connectivity index (χ3n) is 3.90. The number of carbonyl (C=O) groups is 1. The minimum atomic E-state index is -5.41. The van der Waals surface area contributed by atoms with Crippen molar-refractivity contribution < 1.29 is 35.5 Å². The van der Waals surface area contributed by atoms with E-state index in [-0.39, 0.29) is 11.4 Å². The molecule has 0 amide bonds. The standard InChI is InChI=1S/C17H9F4NO4S/c1-8-5-9(22-2)7-10(6-8)26-11-3-4-12-14(13(11)16(18)19)15(23)17(20,21)27(12,24)25/h3-7,16H,1H3. The first-order valence-electron chi connectivity index (χ1n) is 7.30. The summed E-state index contributed by atoms with van der Waals surface area (Å²) >= 11 is 0. The van der Waals surface area contributed by atoms with Gasteiger partial charge in [0.1, 0.15) is 11.5 Å². The predicted molar refractivity (Wildman–Crippen MR) is 85.4 cm³/mol. The predicted octanol–water partition coefficient (Wildman–Crippen LogP) is 4.84. The van der Waals surface area contributed by atoms with E-state index in [2.05, 4.69) is 4.85 Å². The molecule has 0 radical (unpaired) electrons. The van der Waals surface area contributed by atoms with Gasteiger partial charge in [-0.2, -0.15) is 8.78 Å². The smallest absolute Gasteiger partial charge is 0.411 e. The molecule has 0 N–H and O–H groups in total. The molecule has 0 saturated heterocycles. The number of fused-ring (bicyclic) bond motifs is 1. The second-order valence-corrected chi connectivity index (χ2v) is 7.68. The quantitative estimate of drug-likeness (QED) is 0.547. The van der Waals surface area contributed by atoms with Crippen molar-refractivity contribution >= 4 is 21.3 Å². The summed E-state index contributed by atoms with van der Waals surface area (Å²) in [5, 5.41) is -4.82. The lowest BCUT2D eigenvalue weighted by atomic mass is 10.0. The van der Waals surface area contributed by atoms with Crippen molar-refractivity contribution in [3.63, 3.8) is 0 Å². The zero-order chi connectivity index (χ0) is 20.1. The first-order valence-corrected chi connectivity index (χ1v) is 8.78. The molecule has 2 aromatic rings. The fourth-order valence-electron chi connectivity index (χ4n) is 2.73. The van der Waals surface area contributed by atoms with E-state index in [1.807, 2.05) is 0 Å². The van der Waals surface area contributed by atoms with Gasteiger partial charge < -0.3 is 4.74 Å². The third kappa shape index (κ3) is 2.75. The zero-order valence-corrected chi connectivity index (χ0v) is 14.3. The molecule has 1 heterocycles. The molecule has 0 saturated carbocycles. The number of sulfone groups is 1. The van der Waals surface area contributed by atoms with E-state index < -0.39 is 49.1 Å². The van der Waals surface area contributed by atoms with Gasteiger partial charge in [-0.15, -0.1) is 0 Å². The topological polar surface area (TPSA) is 64.8 Å². The highest BCUT2D eigenvalue weighted by Gasteiger charge is 2.62. The van der Waals surface area contributed by atoms with Gasteiger partial charge in [-0.25, -0.2) is 22.0 Å². The van der Waals surface area contributed by atoms with E-state index in [1.165, 1.54) is 18.2 Å². The van der Waals surface area contributed by atoms with Crippen LogP contribution in [-0.2, 0) is 9.84 Å². The molecule has 5 nitrogen and oxygen atoms in total. The Hall–Kier alpha value is -2.93. The molecule has 0 unspecified atom stereocenters. The number of carbonyl (C=O) groups excluding carboxylic acids is 1. The lowest BCUT2D eigenvalue weighted by Crippen LogP contribution is -2.30. The van der Waals surface area contributed by atoms with Crippen LogP contribution in [0.3, 0.4) is 0 Å². The van der Waals surface area contributed by atoms with E-state index >= 15 is 0 Å². The molecule has 0 bridgehead atoms. The Morgan fingerprint density at radius 2 is 1.85 bits per heavy atom. The highest BCUT2D eigenvalue weighted by atomic mass is 32.2. The highest BCUT2D eigenvalue weighted by Crippen LogP contribution is 2.48. The Kier molecular flexibility index (Phi) is 4.23. The van der Waals surface area contributed by atoms with Crippen molar-refractivity contribution in [2.75, 3.05) is 0 Å². The number of alkyl halides is 4. The zero-order valence-electron chi connectivity index (χ0n) is 13.5. The number of nitrogens with zero attached hydrogens (tertiary/aromatic N) is 1. The number of hydrogen-bond acceptors (Lipinski definition) is 4. The molecule has 10 heteroatoms. The molecule has 1 aliphatic rings. The van der Waals surface area contributed by atoms with Crippen LogP contribution in [0.25, 0.3) is 4.85 Å². The third-order valence-corrected chi connectivity index (χ3v) is 5.68. The van der Waals surface area contributed by atoms with Gasteiger partial charge in [0.05, 0.1) is 22.6 Å². The SMILES string of the molecule is [C-]#[N+]c1cc(C)cc(Oc2ccc3c(c2C(F)F)C(=O)C(F)(F)S3(=O)=O)c1. The number of halogens is 4. The summed E-state index contributed by atoms with van der Waals surface area (Å²) in [4.78, 5) is 13.9. The normalized spacial score (nSPS) is 16.9. The van der Waals surface area contributed by atoms with Crippen LogP contribution in [0.2, 0.25) is 0 Å². The molecule has 3 rings (SSSR count). The van der Waals surface area contributed by atoms with Crippen LogP contribution >= 0.6 is 0 Å². The van der Waals surface area contributed by atoms with Gasteiger partial charge in [-0.05, 0) is 31.2 Å². The van der Waals surface area contributed by atoms with Gasteiger partial charge in [0.15, 0.2) is 5.69 Å². The van der Waals surface area contributed by atoms with Crippen molar-refractivity contribution in [3.8, 4) is 11.5 Å². The summed E-state index contributed by atoms with van der Waals surface area (Å²) in [5.74, 6) is -2.90. The first-order chi connectivity index (χ1) is 12.5. The molecule has 1 aliphatic heterocycles. The van der Waals surface area contributed by atoms with Gasteiger partial charge in [-0.3, -0.25) is 4.79 Å². The molecule has 0 spiro atoms. The Morgan fingerprint density at radius 1 is 1.19 bits per heavy atom. The second kappa shape index (κ2) is 6.06. The summed E-state index contributed by atoms with van der Waals surface area (Å²) in [6.07, 6.45) is -3.45. The minimum absolute atomic E-state index is 0.0390. The Bertz CT molecular complexity index is 1120. The van der Waals surface area contributed by atoms with Crippen molar-refractivity contribution in [2.45, 2.75) is 23.5 Å². The molecule has 0 aromatic heterocycles. The van der Waals surface area contributed by atoms with Crippen LogP contribution in [0.5, 0.6) is 11.5 Å². The second-order valence-electron chi connectivity index (χ2n) is 5.72. The number of aryl methyl sites for hydroxylation is 1. The van der Waals surface area contributed by atoms with E-state index in [9.17, 15) is 30.8 Å². The molecular weight excluding hydrogens is 390 g/mol. The first kappa shape index (κ1) is 18.8. The number of Topliss-reactive ketones (excluding diaryl/α,β-unsaturated/α-hetero) is 1. The maximum Gasteiger partial charge on any atom is 0.411 e. The molecule has 0 aliphatic carbocycles. The minimum Gasteiger partial charge on any atom is -0.458 e. The monoisotopic (exact) mass is 399 g/mol. The molecule has 27 heavy (non-hydrogen) atoms. The summed E-state index contributed by atoms with van der Waals surface area (Å²) in [6, 6.07) is 5.57. The van der Waals surface area contributed by atoms with Gasteiger partial charge in [0.2, 0.25) is 5.78 Å². The van der Waals surface area contributed by atoms with Crippen LogP contribution in [0.4, 0.5) is 23.2 Å². The summed E-state index contributed by atoms with van der Waals surface area (Å²) in [6.45, 7) is 8.62. The average Bonchev–Trinajstić information content (AvgIpc) is 2.71. The molecule has 0 atom stereocenters. The van der Waals surface area contributed by atoms with Crippen molar-refractivity contribution in [2.24, 2.45) is 0 Å². The Labute approximate surface area is 150 Å². The summed E-state index contributed by atoms with van der Waals surface area (Å²) < 4.78 is 83.6. The fourth-order valence-corrected chi connectivity index (χ4v) is 4.07. The van der Waals surface area contributed by atoms with Crippen LogP contribution in [-0.4, -0.2) is 19.5 Å². The molecule has 2 aromatic carbocycles. The van der Waals surface area contributed by atoms with Crippen LogP contribution in [0.1, 0.15) is 27.9 Å². The Balaban J connectivity index is 2.22. The number of rotatable bonds is 3. The van der Waals surface area contributed by atoms with Crippen molar-refractivity contribution in [1.29, 1.82) is 0 Å². The van der Waals surface area contributed by atoms with Gasteiger partial charge in [-0.1, -0.05) is 11.6 Å². The van der Waals surface area contributed by atoms with Crippen LogP contribution < -0.4 is 4.74 Å². The number of ether oxygens (including phenoxy) is 1. The Morgan fingerprint density at radius 3 is 2.44 bits per heavy atom. The largest absolute Gasteiger partial charge is 0.458 e. The number of benzene rings is 2. The number of ketones is 1. The van der Waals surface area contributed by atoms with Crippen molar-refractivity contribution in [3.05, 3.63) is 58.4 Å². The van der Waals surface area contributed by atoms with Crippen LogP contribution in [0, 0.1) is 13.5 Å². The van der Waals surface area contributed by atoms with Gasteiger partial charge >= 0.3 is 5.25 Å². The summed E-state index contributed by atoms with van der Waals surface area (Å²) in [5.41, 5.74) is -1.78. The fraction of sp³-hybridized carbons (Fsp3) is 0.176. The molecule has 140 valence electrons. The van der Waals surface area contributed by atoms with Crippen molar-refractivity contribution in [1.82, 2.24) is 0 Å². The van der Waals surface area contributed by atoms with E-state index in [1.54, 1.807) is 6.92 Å². The van der Waals surface area contributed by atoms with Gasteiger partial charge in [0, 0.05) is 0 Å².